The second-order valence-corrected chi connectivity index (χ2v) is 8.54. The molecule has 0 aliphatic rings. The summed E-state index contributed by atoms with van der Waals surface area (Å²) in [6.45, 7) is 9.08. The highest BCUT2D eigenvalue weighted by atomic mass is 32.2. The highest BCUT2D eigenvalue weighted by Gasteiger charge is 2.23. The van der Waals surface area contributed by atoms with Crippen LogP contribution in [0.1, 0.15) is 35.0 Å². The smallest absolute Gasteiger partial charge is 0.236 e. The first-order valence-electron chi connectivity index (χ1n) is 9.79. The van der Waals surface area contributed by atoms with Crippen molar-refractivity contribution >= 4 is 17.7 Å². The lowest BCUT2D eigenvalue weighted by Gasteiger charge is -2.26. The van der Waals surface area contributed by atoms with Crippen LogP contribution in [0.25, 0.3) is 0 Å². The van der Waals surface area contributed by atoms with E-state index in [0.717, 1.165) is 28.1 Å². The zero-order valence-electron chi connectivity index (χ0n) is 17.4. The topological polar surface area (TPSA) is 46.1 Å². The number of carbonyl (C=O) groups excluding carboxylic acids is 1. The molecule has 4 nitrogen and oxygen atoms in total. The van der Waals surface area contributed by atoms with Crippen LogP contribution in [0.15, 0.2) is 65.8 Å². The molecule has 3 rings (SSSR count). The predicted molar refractivity (Wildman–Crippen MR) is 119 cm³/mol. The molecule has 0 aliphatic heterocycles. The van der Waals surface area contributed by atoms with Gasteiger partial charge in [-0.3, -0.25) is 4.79 Å². The van der Waals surface area contributed by atoms with Crippen LogP contribution in [-0.2, 0) is 17.9 Å². The molecule has 5 heteroatoms. The van der Waals surface area contributed by atoms with Crippen LogP contribution < -0.4 is 0 Å². The molecule has 0 saturated heterocycles. The van der Waals surface area contributed by atoms with Gasteiger partial charge in [0, 0.05) is 24.5 Å². The van der Waals surface area contributed by atoms with Crippen molar-refractivity contribution in [2.75, 3.05) is 0 Å². The number of amides is 1. The van der Waals surface area contributed by atoms with Crippen molar-refractivity contribution in [2.24, 2.45) is 0 Å². The van der Waals surface area contributed by atoms with E-state index in [9.17, 15) is 4.79 Å². The first kappa shape index (κ1) is 21.1. The van der Waals surface area contributed by atoms with Gasteiger partial charge in [-0.25, -0.2) is 9.97 Å². The quantitative estimate of drug-likeness (QED) is 0.405. The number of thioether (sulfide) groups is 1. The Bertz CT molecular complexity index is 896. The van der Waals surface area contributed by atoms with Crippen molar-refractivity contribution in [3.63, 3.8) is 0 Å². The molecule has 1 atom stereocenters. The first-order valence-corrected chi connectivity index (χ1v) is 10.7. The SMILES string of the molecule is Cc1nc(SC(C)C(=O)N(Cc2ccccc2)Cc2ccccc2)nc(C)c1C. The van der Waals surface area contributed by atoms with E-state index in [1.807, 2.05) is 69.0 Å². The van der Waals surface area contributed by atoms with Crippen LogP contribution >= 0.6 is 11.8 Å². The van der Waals surface area contributed by atoms with Gasteiger partial charge in [-0.1, -0.05) is 72.4 Å². The summed E-state index contributed by atoms with van der Waals surface area (Å²) in [5.41, 5.74) is 5.26. The van der Waals surface area contributed by atoms with E-state index in [0.29, 0.717) is 18.2 Å². The highest BCUT2D eigenvalue weighted by Crippen LogP contribution is 2.24. The number of rotatable bonds is 7. The second-order valence-electron chi connectivity index (χ2n) is 7.23. The fraction of sp³-hybridized carbons (Fsp3) is 0.292. The van der Waals surface area contributed by atoms with Crippen LogP contribution in [0.2, 0.25) is 0 Å². The van der Waals surface area contributed by atoms with Gasteiger partial charge < -0.3 is 4.90 Å². The molecule has 0 fully saturated rings. The standard InChI is InChI=1S/C24H27N3OS/c1-17-18(2)25-24(26-19(17)3)29-20(4)23(28)27(15-21-11-7-5-8-12-21)16-22-13-9-6-10-14-22/h5-14,20H,15-16H2,1-4H3. The van der Waals surface area contributed by atoms with Crippen molar-refractivity contribution in [3.05, 3.63) is 88.7 Å². The van der Waals surface area contributed by atoms with Gasteiger partial charge in [-0.2, -0.15) is 0 Å². The third-order valence-corrected chi connectivity index (χ3v) is 5.93. The largest absolute Gasteiger partial charge is 0.333 e. The molecule has 0 radical (unpaired) electrons. The van der Waals surface area contributed by atoms with E-state index < -0.39 is 0 Å². The Labute approximate surface area is 177 Å². The normalized spacial score (nSPS) is 11.9. The maximum atomic E-state index is 13.3. The van der Waals surface area contributed by atoms with Crippen LogP contribution in [0.5, 0.6) is 0 Å². The molecule has 1 heterocycles. The molecule has 0 bridgehead atoms. The molecule has 150 valence electrons. The maximum absolute atomic E-state index is 13.3. The first-order chi connectivity index (χ1) is 13.9. The highest BCUT2D eigenvalue weighted by molar-refractivity contribution is 8.00. The van der Waals surface area contributed by atoms with Gasteiger partial charge in [0.1, 0.15) is 0 Å². The number of carbonyl (C=O) groups is 1. The third kappa shape index (κ3) is 5.67. The van der Waals surface area contributed by atoms with Gasteiger partial charge in [0.2, 0.25) is 5.91 Å². The van der Waals surface area contributed by atoms with Crippen LogP contribution in [0.3, 0.4) is 0 Å². The van der Waals surface area contributed by atoms with E-state index in [1.165, 1.54) is 11.8 Å². The van der Waals surface area contributed by atoms with Gasteiger partial charge in [0.05, 0.1) is 5.25 Å². The summed E-state index contributed by atoms with van der Waals surface area (Å²) in [6.07, 6.45) is 0. The van der Waals surface area contributed by atoms with Gasteiger partial charge in [0.15, 0.2) is 5.16 Å². The number of hydrogen-bond acceptors (Lipinski definition) is 4. The fourth-order valence-corrected chi connectivity index (χ4v) is 4.02. The Kier molecular flexibility index (Phi) is 7.04. The minimum atomic E-state index is -0.274. The Morgan fingerprint density at radius 1 is 0.862 bits per heavy atom. The minimum Gasteiger partial charge on any atom is -0.333 e. The molecule has 1 amide bonds. The zero-order valence-corrected chi connectivity index (χ0v) is 18.2. The van der Waals surface area contributed by atoms with E-state index in [2.05, 4.69) is 34.2 Å². The van der Waals surface area contributed by atoms with Crippen LogP contribution in [0, 0.1) is 20.8 Å². The van der Waals surface area contributed by atoms with Crippen molar-refractivity contribution in [3.8, 4) is 0 Å². The van der Waals surface area contributed by atoms with Crippen LogP contribution in [0.4, 0.5) is 0 Å². The fourth-order valence-electron chi connectivity index (χ4n) is 3.08. The van der Waals surface area contributed by atoms with Gasteiger partial charge in [-0.15, -0.1) is 0 Å². The molecular formula is C24H27N3OS. The number of aryl methyl sites for hydroxylation is 2. The van der Waals surface area contributed by atoms with Crippen molar-refractivity contribution in [2.45, 2.75) is 51.2 Å². The molecular weight excluding hydrogens is 378 g/mol. The summed E-state index contributed by atoms with van der Waals surface area (Å²) in [4.78, 5) is 24.4. The predicted octanol–water partition coefficient (Wildman–Crippen LogP) is 5.11. The van der Waals surface area contributed by atoms with Crippen molar-refractivity contribution < 1.29 is 4.79 Å². The Hall–Kier alpha value is -2.66. The molecule has 1 aromatic heterocycles. The monoisotopic (exact) mass is 405 g/mol. The average Bonchev–Trinajstić information content (AvgIpc) is 2.72. The van der Waals surface area contributed by atoms with E-state index in [1.54, 1.807) is 0 Å². The van der Waals surface area contributed by atoms with E-state index in [4.69, 9.17) is 0 Å². The van der Waals surface area contributed by atoms with E-state index >= 15 is 0 Å². The minimum absolute atomic E-state index is 0.0854. The molecule has 1 unspecified atom stereocenters. The molecule has 0 aliphatic carbocycles. The molecule has 0 spiro atoms. The lowest BCUT2D eigenvalue weighted by atomic mass is 10.1. The third-order valence-electron chi connectivity index (χ3n) is 4.99. The molecule has 0 N–H and O–H groups in total. The summed E-state index contributed by atoms with van der Waals surface area (Å²) in [5.74, 6) is 0.0854. The lowest BCUT2D eigenvalue weighted by molar-refractivity contribution is -0.131. The zero-order chi connectivity index (χ0) is 20.8. The van der Waals surface area contributed by atoms with Crippen molar-refractivity contribution in [1.82, 2.24) is 14.9 Å². The molecule has 0 saturated carbocycles. The van der Waals surface area contributed by atoms with Gasteiger partial charge in [-0.05, 0) is 44.4 Å². The number of hydrogen-bond donors (Lipinski definition) is 0. The molecule has 2 aromatic carbocycles. The maximum Gasteiger partial charge on any atom is 0.236 e. The Morgan fingerprint density at radius 2 is 1.31 bits per heavy atom. The summed E-state index contributed by atoms with van der Waals surface area (Å²) in [6, 6.07) is 20.2. The lowest BCUT2D eigenvalue weighted by Crippen LogP contribution is -2.35. The van der Waals surface area contributed by atoms with Gasteiger partial charge >= 0.3 is 0 Å². The van der Waals surface area contributed by atoms with Crippen molar-refractivity contribution in [1.29, 1.82) is 0 Å². The molecule has 29 heavy (non-hydrogen) atoms. The second kappa shape index (κ2) is 9.70. The number of benzene rings is 2. The molecule has 3 aromatic rings. The van der Waals surface area contributed by atoms with Gasteiger partial charge in [0.25, 0.3) is 0 Å². The average molecular weight is 406 g/mol. The van der Waals surface area contributed by atoms with Crippen LogP contribution in [-0.4, -0.2) is 26.0 Å². The summed E-state index contributed by atoms with van der Waals surface area (Å²) in [7, 11) is 0. The summed E-state index contributed by atoms with van der Waals surface area (Å²) in [5, 5.41) is 0.384. The number of aromatic nitrogens is 2. The Balaban J connectivity index is 1.79. The number of nitrogens with zero attached hydrogens (tertiary/aromatic N) is 3. The summed E-state index contributed by atoms with van der Waals surface area (Å²) >= 11 is 1.42. The summed E-state index contributed by atoms with van der Waals surface area (Å²) < 4.78 is 0. The van der Waals surface area contributed by atoms with E-state index in [-0.39, 0.29) is 11.2 Å². The Morgan fingerprint density at radius 3 is 1.76 bits per heavy atom.